The molecule has 3 aromatic rings. The van der Waals surface area contributed by atoms with Crippen molar-refractivity contribution in [1.82, 2.24) is 4.90 Å². The largest absolute Gasteiger partial charge is 0.489 e. The fourth-order valence-electron chi connectivity index (χ4n) is 3.04. The number of ether oxygens (including phenoxy) is 1. The molecule has 4 rings (SSSR count). The van der Waals surface area contributed by atoms with Crippen LogP contribution in [0, 0.1) is 5.82 Å². The second kappa shape index (κ2) is 9.77. The van der Waals surface area contributed by atoms with Crippen molar-refractivity contribution < 1.29 is 18.7 Å². The Morgan fingerprint density at radius 2 is 1.69 bits per heavy atom. The van der Waals surface area contributed by atoms with Crippen LogP contribution in [-0.4, -0.2) is 16.0 Å². The van der Waals surface area contributed by atoms with E-state index in [9.17, 15) is 14.0 Å². The molecule has 0 spiro atoms. The molecule has 1 saturated heterocycles. The average Bonchev–Trinajstić information content (AvgIpc) is 3.04. The normalized spacial score (nSPS) is 15.0. The molecule has 0 bridgehead atoms. The summed E-state index contributed by atoms with van der Waals surface area (Å²) in [6, 6.07) is 18.8. The van der Waals surface area contributed by atoms with Crippen molar-refractivity contribution in [3.8, 4) is 5.75 Å². The second-order valence-corrected chi connectivity index (χ2v) is 8.79. The Bertz CT molecular complexity index is 1180. The van der Waals surface area contributed by atoms with E-state index in [0.29, 0.717) is 17.4 Å². The summed E-state index contributed by atoms with van der Waals surface area (Å²) in [7, 11) is 0. The van der Waals surface area contributed by atoms with Crippen LogP contribution < -0.4 is 4.74 Å². The lowest BCUT2D eigenvalue weighted by Crippen LogP contribution is -2.28. The topological polar surface area (TPSA) is 46.6 Å². The zero-order valence-corrected chi connectivity index (χ0v) is 18.9. The fourth-order valence-corrected chi connectivity index (χ4v) is 4.22. The lowest BCUT2D eigenvalue weighted by atomic mass is 10.2. The third-order valence-electron chi connectivity index (χ3n) is 4.75. The Morgan fingerprint density at radius 1 is 0.969 bits per heavy atom. The maximum atomic E-state index is 14.1. The highest BCUT2D eigenvalue weighted by Crippen LogP contribution is 2.34. The second-order valence-electron chi connectivity index (χ2n) is 6.95. The minimum absolute atomic E-state index is 0.111. The van der Waals surface area contributed by atoms with E-state index in [-0.39, 0.29) is 22.0 Å². The molecule has 8 heteroatoms. The first-order valence-corrected chi connectivity index (χ1v) is 11.1. The van der Waals surface area contributed by atoms with E-state index >= 15 is 0 Å². The van der Waals surface area contributed by atoms with Gasteiger partial charge >= 0.3 is 0 Å². The molecule has 0 radical (unpaired) electrons. The number of imide groups is 1. The van der Waals surface area contributed by atoms with Crippen LogP contribution in [0.2, 0.25) is 10.0 Å². The van der Waals surface area contributed by atoms with E-state index in [0.717, 1.165) is 27.8 Å². The van der Waals surface area contributed by atoms with Gasteiger partial charge in [0, 0.05) is 15.6 Å². The van der Waals surface area contributed by atoms with E-state index in [1.807, 2.05) is 12.1 Å². The van der Waals surface area contributed by atoms with E-state index in [2.05, 4.69) is 0 Å². The van der Waals surface area contributed by atoms with Crippen LogP contribution in [0.25, 0.3) is 6.08 Å². The summed E-state index contributed by atoms with van der Waals surface area (Å²) in [4.78, 5) is 26.3. The van der Waals surface area contributed by atoms with Gasteiger partial charge in [0.2, 0.25) is 0 Å². The summed E-state index contributed by atoms with van der Waals surface area (Å²) in [6.07, 6.45) is 1.62. The highest BCUT2D eigenvalue weighted by molar-refractivity contribution is 8.18. The summed E-state index contributed by atoms with van der Waals surface area (Å²) < 4.78 is 19.8. The minimum atomic E-state index is -0.560. The molecule has 32 heavy (non-hydrogen) atoms. The highest BCUT2D eigenvalue weighted by atomic mass is 35.5. The Labute approximate surface area is 198 Å². The number of rotatable bonds is 6. The van der Waals surface area contributed by atoms with Crippen molar-refractivity contribution in [2.75, 3.05) is 0 Å². The summed E-state index contributed by atoms with van der Waals surface area (Å²) >= 11 is 12.7. The van der Waals surface area contributed by atoms with Gasteiger partial charge in [-0.15, -0.1) is 0 Å². The lowest BCUT2D eigenvalue weighted by Gasteiger charge is -2.14. The van der Waals surface area contributed by atoms with Crippen LogP contribution in [0.4, 0.5) is 9.18 Å². The first-order valence-electron chi connectivity index (χ1n) is 9.56. The van der Waals surface area contributed by atoms with Gasteiger partial charge in [-0.2, -0.15) is 0 Å². The number of amides is 2. The Kier molecular flexibility index (Phi) is 6.84. The number of halogens is 3. The molecule has 0 atom stereocenters. The van der Waals surface area contributed by atoms with Crippen LogP contribution in [0.15, 0.2) is 71.6 Å². The molecular formula is C24H16Cl2FNO3S. The van der Waals surface area contributed by atoms with Crippen molar-refractivity contribution in [2.24, 2.45) is 0 Å². The third-order valence-corrected chi connectivity index (χ3v) is 6.26. The number of carbonyl (C=O) groups is 2. The number of carbonyl (C=O) groups excluding carboxylic acids is 2. The van der Waals surface area contributed by atoms with Gasteiger partial charge in [0.15, 0.2) is 0 Å². The summed E-state index contributed by atoms with van der Waals surface area (Å²) in [5.74, 6) is -0.378. The van der Waals surface area contributed by atoms with E-state index in [1.165, 1.54) is 18.2 Å². The molecule has 1 heterocycles. The van der Waals surface area contributed by atoms with Crippen LogP contribution in [0.1, 0.15) is 16.7 Å². The monoisotopic (exact) mass is 487 g/mol. The Hall–Kier alpha value is -2.80. The van der Waals surface area contributed by atoms with Gasteiger partial charge in [-0.1, -0.05) is 53.5 Å². The number of hydrogen-bond donors (Lipinski definition) is 0. The third kappa shape index (κ3) is 5.15. The van der Waals surface area contributed by atoms with Gasteiger partial charge in [0.25, 0.3) is 11.1 Å². The first kappa shape index (κ1) is 22.4. The zero-order valence-electron chi connectivity index (χ0n) is 16.6. The smallest absolute Gasteiger partial charge is 0.293 e. The van der Waals surface area contributed by atoms with Gasteiger partial charge in [0.05, 0.1) is 11.4 Å². The molecule has 2 amide bonds. The summed E-state index contributed by atoms with van der Waals surface area (Å²) in [5, 5.41) is 0.366. The van der Waals surface area contributed by atoms with Crippen molar-refractivity contribution in [3.63, 3.8) is 0 Å². The fraction of sp³-hybridized carbons (Fsp3) is 0.0833. The summed E-state index contributed by atoms with van der Waals surface area (Å²) in [6.45, 7) is 0.180. The maximum Gasteiger partial charge on any atom is 0.293 e. The standard InChI is InChI=1S/C24H16Cl2FNO3S/c25-17-8-4-16(5-9-17)14-31-18-10-6-15(7-11-18)12-22-23(29)28(24(30)32-22)13-19-20(26)2-1-3-21(19)27/h1-12H,13-14H2/b22-12+. The quantitative estimate of drug-likeness (QED) is 0.353. The first-order chi connectivity index (χ1) is 15.4. The number of benzene rings is 3. The van der Waals surface area contributed by atoms with Gasteiger partial charge in [0.1, 0.15) is 18.2 Å². The maximum absolute atomic E-state index is 14.1. The molecule has 3 aromatic carbocycles. The van der Waals surface area contributed by atoms with Crippen molar-refractivity contribution >= 4 is 52.2 Å². The van der Waals surface area contributed by atoms with E-state index in [1.54, 1.807) is 42.5 Å². The molecule has 1 aliphatic rings. The molecule has 0 N–H and O–H groups in total. The molecule has 0 unspecified atom stereocenters. The molecular weight excluding hydrogens is 472 g/mol. The molecule has 0 aliphatic carbocycles. The van der Waals surface area contributed by atoms with E-state index < -0.39 is 17.0 Å². The molecule has 162 valence electrons. The van der Waals surface area contributed by atoms with Gasteiger partial charge in [-0.3, -0.25) is 14.5 Å². The molecule has 1 aliphatic heterocycles. The molecule has 0 saturated carbocycles. The molecule has 4 nitrogen and oxygen atoms in total. The SMILES string of the molecule is O=C1S/C(=C/c2ccc(OCc3ccc(Cl)cc3)cc2)C(=O)N1Cc1c(F)cccc1Cl. The van der Waals surface area contributed by atoms with Gasteiger partial charge in [-0.05, 0) is 65.4 Å². The summed E-state index contributed by atoms with van der Waals surface area (Å²) in [5.41, 5.74) is 1.83. The molecule has 1 fully saturated rings. The average molecular weight is 488 g/mol. The van der Waals surface area contributed by atoms with Crippen LogP contribution >= 0.6 is 35.0 Å². The number of nitrogens with zero attached hydrogens (tertiary/aromatic N) is 1. The van der Waals surface area contributed by atoms with Gasteiger partial charge < -0.3 is 4.74 Å². The van der Waals surface area contributed by atoms with Crippen LogP contribution in [0.5, 0.6) is 5.75 Å². The van der Waals surface area contributed by atoms with Crippen LogP contribution in [-0.2, 0) is 17.9 Å². The lowest BCUT2D eigenvalue weighted by molar-refractivity contribution is -0.123. The highest BCUT2D eigenvalue weighted by Gasteiger charge is 2.35. The van der Waals surface area contributed by atoms with Crippen molar-refractivity contribution in [2.45, 2.75) is 13.2 Å². The predicted octanol–water partition coefficient (Wildman–Crippen LogP) is 6.95. The number of hydrogen-bond acceptors (Lipinski definition) is 4. The molecule has 0 aromatic heterocycles. The van der Waals surface area contributed by atoms with Crippen molar-refractivity contribution in [3.05, 3.63) is 104 Å². The predicted molar refractivity (Wildman–Crippen MR) is 125 cm³/mol. The Morgan fingerprint density at radius 3 is 2.38 bits per heavy atom. The van der Waals surface area contributed by atoms with E-state index in [4.69, 9.17) is 27.9 Å². The zero-order chi connectivity index (χ0) is 22.7. The minimum Gasteiger partial charge on any atom is -0.489 e. The van der Waals surface area contributed by atoms with Crippen LogP contribution in [0.3, 0.4) is 0 Å². The van der Waals surface area contributed by atoms with Gasteiger partial charge in [-0.25, -0.2) is 4.39 Å². The Balaban J connectivity index is 1.42. The van der Waals surface area contributed by atoms with Crippen molar-refractivity contribution in [1.29, 1.82) is 0 Å². The number of thioether (sulfide) groups is 1.